The fourth-order valence-corrected chi connectivity index (χ4v) is 3.15. The molecule has 0 aliphatic rings. The summed E-state index contributed by atoms with van der Waals surface area (Å²) < 4.78 is 10.7. The van der Waals surface area contributed by atoms with Gasteiger partial charge in [-0.15, -0.1) is 0 Å². The minimum Gasteiger partial charge on any atom is -0.497 e. The van der Waals surface area contributed by atoms with Crippen LogP contribution in [0.4, 0.5) is 11.5 Å². The first kappa shape index (κ1) is 19.2. The highest BCUT2D eigenvalue weighted by Crippen LogP contribution is 2.33. The zero-order chi connectivity index (χ0) is 20.1. The minimum atomic E-state index is -0.413. The van der Waals surface area contributed by atoms with Crippen molar-refractivity contribution in [2.24, 2.45) is 0 Å². The maximum atomic E-state index is 11.2. The van der Waals surface area contributed by atoms with Gasteiger partial charge in [0.1, 0.15) is 17.3 Å². The lowest BCUT2D eigenvalue weighted by atomic mass is 9.88. The molecule has 144 valence electrons. The highest BCUT2D eigenvalue weighted by Gasteiger charge is 2.21. The van der Waals surface area contributed by atoms with Gasteiger partial charge in [-0.2, -0.15) is 0 Å². The van der Waals surface area contributed by atoms with E-state index in [0.717, 1.165) is 22.6 Å². The Kier molecular flexibility index (Phi) is 5.74. The number of nitrogen functional groups attached to an aromatic ring is 1. The van der Waals surface area contributed by atoms with Crippen LogP contribution in [0.25, 0.3) is 0 Å². The van der Waals surface area contributed by atoms with E-state index in [4.69, 9.17) is 15.2 Å². The van der Waals surface area contributed by atoms with E-state index in [0.29, 0.717) is 18.0 Å². The molecule has 28 heavy (non-hydrogen) atoms. The van der Waals surface area contributed by atoms with Gasteiger partial charge in [0.2, 0.25) is 0 Å². The number of pyridine rings is 1. The summed E-state index contributed by atoms with van der Waals surface area (Å²) in [7, 11) is 3.16. The average Bonchev–Trinajstić information content (AvgIpc) is 2.72. The normalized spacial score (nSPS) is 11.6. The minimum absolute atomic E-state index is 0.0183. The largest absolute Gasteiger partial charge is 0.497 e. The summed E-state index contributed by atoms with van der Waals surface area (Å²) in [4.78, 5) is 15.3. The number of nitro groups is 1. The molecule has 0 radical (unpaired) electrons. The van der Waals surface area contributed by atoms with Crippen LogP contribution in [0.3, 0.4) is 0 Å². The van der Waals surface area contributed by atoms with Crippen molar-refractivity contribution in [3.63, 3.8) is 0 Å². The summed E-state index contributed by atoms with van der Waals surface area (Å²) in [6.45, 7) is 0. The van der Waals surface area contributed by atoms with E-state index in [9.17, 15) is 10.1 Å². The van der Waals surface area contributed by atoms with Gasteiger partial charge in [0.05, 0.1) is 24.8 Å². The van der Waals surface area contributed by atoms with E-state index in [1.165, 1.54) is 6.07 Å². The number of rotatable bonds is 7. The van der Waals surface area contributed by atoms with Crippen molar-refractivity contribution in [1.82, 2.24) is 4.98 Å². The highest BCUT2D eigenvalue weighted by atomic mass is 16.6. The maximum absolute atomic E-state index is 11.2. The first-order chi connectivity index (χ1) is 13.5. The second-order valence-electron chi connectivity index (χ2n) is 6.27. The van der Waals surface area contributed by atoms with Crippen molar-refractivity contribution >= 4 is 11.5 Å². The Bertz CT molecular complexity index is 974. The molecule has 0 aliphatic heterocycles. The van der Waals surface area contributed by atoms with Crippen LogP contribution < -0.4 is 15.2 Å². The molecular formula is C21H21N3O4. The smallest absolute Gasteiger partial charge is 0.269 e. The Morgan fingerprint density at radius 1 is 1.07 bits per heavy atom. The first-order valence-electron chi connectivity index (χ1n) is 8.69. The second kappa shape index (κ2) is 8.39. The van der Waals surface area contributed by atoms with Crippen molar-refractivity contribution in [3.8, 4) is 11.5 Å². The third-order valence-corrected chi connectivity index (χ3v) is 4.57. The number of non-ortho nitro benzene ring substituents is 1. The van der Waals surface area contributed by atoms with Crippen molar-refractivity contribution in [2.75, 3.05) is 20.0 Å². The number of nitro benzene ring substituents is 1. The maximum Gasteiger partial charge on any atom is 0.269 e. The highest BCUT2D eigenvalue weighted by molar-refractivity contribution is 5.46. The van der Waals surface area contributed by atoms with Gasteiger partial charge in [-0.25, -0.2) is 4.98 Å². The Balaban J connectivity index is 2.07. The number of methoxy groups -OCH3 is 2. The molecule has 7 nitrogen and oxygen atoms in total. The fourth-order valence-electron chi connectivity index (χ4n) is 3.15. The van der Waals surface area contributed by atoms with Crippen molar-refractivity contribution < 1.29 is 14.4 Å². The monoisotopic (exact) mass is 379 g/mol. The summed E-state index contributed by atoms with van der Waals surface area (Å²) in [6.07, 6.45) is 0.466. The predicted octanol–water partition coefficient (Wildman–Crippen LogP) is 3.96. The summed E-state index contributed by atoms with van der Waals surface area (Å²) in [5, 5.41) is 11.2. The number of hydrogen-bond acceptors (Lipinski definition) is 6. The van der Waals surface area contributed by atoms with E-state index >= 15 is 0 Å². The van der Waals surface area contributed by atoms with Gasteiger partial charge in [0.25, 0.3) is 5.69 Å². The van der Waals surface area contributed by atoms with Gasteiger partial charge in [0, 0.05) is 23.6 Å². The Morgan fingerprint density at radius 2 is 1.82 bits per heavy atom. The van der Waals surface area contributed by atoms with E-state index in [1.54, 1.807) is 32.4 Å². The molecule has 2 N–H and O–H groups in total. The fraction of sp³-hybridized carbons (Fsp3) is 0.190. The van der Waals surface area contributed by atoms with Crippen molar-refractivity contribution in [1.29, 1.82) is 0 Å². The van der Waals surface area contributed by atoms with Gasteiger partial charge >= 0.3 is 0 Å². The molecule has 3 aromatic rings. The molecular weight excluding hydrogens is 358 g/mol. The molecule has 1 unspecified atom stereocenters. The molecule has 0 saturated heterocycles. The van der Waals surface area contributed by atoms with Crippen LogP contribution in [0.1, 0.15) is 22.7 Å². The lowest BCUT2D eigenvalue weighted by Crippen LogP contribution is -2.09. The van der Waals surface area contributed by atoms with Gasteiger partial charge < -0.3 is 15.2 Å². The average molecular weight is 379 g/mol. The standard InChI is InChI=1S/C21H21N3O4/c1-27-17-9-6-14(7-10-17)18(19-4-3-5-21(22)23-19)13-15-12-16(24(25)26)8-11-20(15)28-2/h3-12,18H,13H2,1-2H3,(H2,22,23). The zero-order valence-corrected chi connectivity index (χ0v) is 15.7. The van der Waals surface area contributed by atoms with Gasteiger partial charge in [-0.05, 0) is 42.3 Å². The van der Waals surface area contributed by atoms with Gasteiger partial charge in [-0.3, -0.25) is 10.1 Å². The summed E-state index contributed by atoms with van der Waals surface area (Å²) in [5.74, 6) is 1.59. The molecule has 0 amide bonds. The number of benzene rings is 2. The molecule has 1 heterocycles. The topological polar surface area (TPSA) is 101 Å². The zero-order valence-electron chi connectivity index (χ0n) is 15.7. The third-order valence-electron chi connectivity index (χ3n) is 4.57. The van der Waals surface area contributed by atoms with Crippen LogP contribution in [0, 0.1) is 10.1 Å². The lowest BCUT2D eigenvalue weighted by molar-refractivity contribution is -0.384. The lowest BCUT2D eigenvalue weighted by Gasteiger charge is -2.19. The van der Waals surface area contributed by atoms with E-state index in [2.05, 4.69) is 4.98 Å². The number of anilines is 1. The quantitative estimate of drug-likeness (QED) is 0.492. The SMILES string of the molecule is COc1ccc(C(Cc2cc([N+](=O)[O-])ccc2OC)c2cccc(N)n2)cc1. The van der Waals surface area contributed by atoms with Crippen LogP contribution in [-0.4, -0.2) is 24.1 Å². The number of hydrogen-bond donors (Lipinski definition) is 1. The summed E-state index contributed by atoms with van der Waals surface area (Å²) >= 11 is 0. The molecule has 0 bridgehead atoms. The van der Waals surface area contributed by atoms with E-state index in [1.807, 2.05) is 36.4 Å². The molecule has 0 aliphatic carbocycles. The van der Waals surface area contributed by atoms with Crippen LogP contribution in [0.5, 0.6) is 11.5 Å². The molecule has 0 fully saturated rings. The van der Waals surface area contributed by atoms with Crippen molar-refractivity contribution in [2.45, 2.75) is 12.3 Å². The van der Waals surface area contributed by atoms with E-state index in [-0.39, 0.29) is 11.6 Å². The van der Waals surface area contributed by atoms with Crippen molar-refractivity contribution in [3.05, 3.63) is 87.6 Å². The van der Waals surface area contributed by atoms with Crippen LogP contribution >= 0.6 is 0 Å². The van der Waals surface area contributed by atoms with E-state index < -0.39 is 4.92 Å². The second-order valence-corrected chi connectivity index (χ2v) is 6.27. The number of ether oxygens (including phenoxy) is 2. The molecule has 2 aromatic carbocycles. The Hall–Kier alpha value is -3.61. The molecule has 0 spiro atoms. The van der Waals surface area contributed by atoms with Gasteiger partial charge in [0.15, 0.2) is 0 Å². The first-order valence-corrected chi connectivity index (χ1v) is 8.69. The molecule has 0 saturated carbocycles. The summed E-state index contributed by atoms with van der Waals surface area (Å²) in [5.41, 5.74) is 8.40. The number of aromatic nitrogens is 1. The van der Waals surface area contributed by atoms with Gasteiger partial charge in [-0.1, -0.05) is 18.2 Å². The molecule has 1 aromatic heterocycles. The Morgan fingerprint density at radius 3 is 2.43 bits per heavy atom. The van der Waals surface area contributed by atoms with Crippen LogP contribution in [-0.2, 0) is 6.42 Å². The van der Waals surface area contributed by atoms with Crippen LogP contribution in [0.2, 0.25) is 0 Å². The predicted molar refractivity (Wildman–Crippen MR) is 107 cm³/mol. The summed E-state index contributed by atoms with van der Waals surface area (Å²) in [6, 6.07) is 17.7. The van der Waals surface area contributed by atoms with Crippen LogP contribution in [0.15, 0.2) is 60.7 Å². The molecule has 7 heteroatoms. The third kappa shape index (κ3) is 4.20. The Labute approximate surface area is 162 Å². The number of nitrogens with zero attached hydrogens (tertiary/aromatic N) is 2. The molecule has 1 atom stereocenters. The molecule has 3 rings (SSSR count). The number of nitrogens with two attached hydrogens (primary N) is 1.